The summed E-state index contributed by atoms with van der Waals surface area (Å²) in [5, 5.41) is 5.37. The molecule has 0 spiro atoms. The highest BCUT2D eigenvalue weighted by atomic mass is 32.1. The van der Waals surface area contributed by atoms with Crippen molar-refractivity contribution < 1.29 is 14.3 Å². The predicted molar refractivity (Wildman–Crippen MR) is 101 cm³/mol. The molecular weight excluding hydrogens is 350 g/mol. The van der Waals surface area contributed by atoms with E-state index in [4.69, 9.17) is 4.74 Å². The van der Waals surface area contributed by atoms with Crippen LogP contribution in [-0.2, 0) is 17.6 Å². The molecule has 2 saturated heterocycles. The quantitative estimate of drug-likeness (QED) is 0.860. The van der Waals surface area contributed by atoms with Crippen molar-refractivity contribution in [3.8, 4) is 0 Å². The van der Waals surface area contributed by atoms with Crippen LogP contribution in [0.1, 0.15) is 46.5 Å². The molecule has 7 heteroatoms. The van der Waals surface area contributed by atoms with E-state index in [9.17, 15) is 9.59 Å². The van der Waals surface area contributed by atoms with Crippen molar-refractivity contribution in [3.63, 3.8) is 0 Å². The van der Waals surface area contributed by atoms with E-state index < -0.39 is 0 Å². The minimum atomic E-state index is 0.0797. The summed E-state index contributed by atoms with van der Waals surface area (Å²) in [6.07, 6.45) is 6.23. The smallest absolute Gasteiger partial charge is 0.320 e. The lowest BCUT2D eigenvalue weighted by atomic mass is 9.93. The van der Waals surface area contributed by atoms with Gasteiger partial charge in [-0.05, 0) is 55.0 Å². The number of rotatable bonds is 2. The second-order valence-electron chi connectivity index (χ2n) is 7.39. The van der Waals surface area contributed by atoms with E-state index in [-0.39, 0.29) is 18.0 Å². The zero-order valence-corrected chi connectivity index (χ0v) is 16.0. The molecule has 26 heavy (non-hydrogen) atoms. The maximum Gasteiger partial charge on any atom is 0.320 e. The van der Waals surface area contributed by atoms with E-state index in [0.717, 1.165) is 30.6 Å². The molecule has 0 radical (unpaired) electrons. The molecule has 3 amide bonds. The van der Waals surface area contributed by atoms with Crippen LogP contribution < -0.4 is 5.32 Å². The van der Waals surface area contributed by atoms with Crippen molar-refractivity contribution in [2.45, 2.75) is 44.6 Å². The maximum atomic E-state index is 12.7. The number of urea groups is 1. The van der Waals surface area contributed by atoms with Gasteiger partial charge < -0.3 is 19.9 Å². The largest absolute Gasteiger partial charge is 0.378 e. The van der Waals surface area contributed by atoms with Gasteiger partial charge in [-0.1, -0.05) is 0 Å². The summed E-state index contributed by atoms with van der Waals surface area (Å²) in [5.41, 5.74) is 2.65. The first-order chi connectivity index (χ1) is 12.7. The monoisotopic (exact) mass is 377 g/mol. The van der Waals surface area contributed by atoms with Crippen LogP contribution in [0.4, 0.5) is 4.79 Å². The Morgan fingerprint density at radius 3 is 2.50 bits per heavy atom. The van der Waals surface area contributed by atoms with Gasteiger partial charge in [0.1, 0.15) is 0 Å². The summed E-state index contributed by atoms with van der Waals surface area (Å²) < 4.78 is 5.31. The second-order valence-corrected chi connectivity index (χ2v) is 8.27. The summed E-state index contributed by atoms with van der Waals surface area (Å²) >= 11 is 1.59. The fraction of sp³-hybridized carbons (Fsp3) is 0.684. The molecule has 1 aliphatic carbocycles. The number of hydrogen-bond acceptors (Lipinski definition) is 4. The third-order valence-corrected chi connectivity index (χ3v) is 6.76. The first-order valence-corrected chi connectivity index (χ1v) is 10.6. The van der Waals surface area contributed by atoms with Gasteiger partial charge in [0, 0.05) is 32.2 Å². The van der Waals surface area contributed by atoms with Crippen molar-refractivity contribution in [1.82, 2.24) is 15.1 Å². The van der Waals surface area contributed by atoms with E-state index >= 15 is 0 Å². The molecule has 3 heterocycles. The average Bonchev–Trinajstić information content (AvgIpc) is 3.13. The van der Waals surface area contributed by atoms with E-state index in [1.165, 1.54) is 24.0 Å². The number of nitrogens with zero attached hydrogens (tertiary/aromatic N) is 2. The minimum absolute atomic E-state index is 0.0797. The zero-order chi connectivity index (χ0) is 17.9. The lowest BCUT2D eigenvalue weighted by Gasteiger charge is -2.37. The van der Waals surface area contributed by atoms with Gasteiger partial charge >= 0.3 is 6.03 Å². The van der Waals surface area contributed by atoms with Crippen molar-refractivity contribution in [3.05, 3.63) is 21.4 Å². The van der Waals surface area contributed by atoms with E-state index in [1.54, 1.807) is 11.3 Å². The molecule has 1 aromatic heterocycles. The van der Waals surface area contributed by atoms with Crippen LogP contribution in [0.25, 0.3) is 0 Å². The number of fused-ring (bicyclic) bond motifs is 1. The van der Waals surface area contributed by atoms with E-state index in [0.29, 0.717) is 39.4 Å². The average molecular weight is 378 g/mol. The summed E-state index contributed by atoms with van der Waals surface area (Å²) in [5.74, 6) is 0.0797. The Balaban J connectivity index is 1.29. The minimum Gasteiger partial charge on any atom is -0.378 e. The van der Waals surface area contributed by atoms with Gasteiger partial charge in [0.15, 0.2) is 0 Å². The summed E-state index contributed by atoms with van der Waals surface area (Å²) in [7, 11) is 0. The number of thiophene rings is 1. The molecule has 2 aliphatic heterocycles. The fourth-order valence-corrected chi connectivity index (χ4v) is 5.19. The fourth-order valence-electron chi connectivity index (χ4n) is 4.13. The molecule has 4 rings (SSSR count). The van der Waals surface area contributed by atoms with Crippen molar-refractivity contribution in [2.24, 2.45) is 0 Å². The number of likely N-dealkylation sites (tertiary alicyclic amines) is 1. The molecule has 0 atom stereocenters. The first-order valence-electron chi connectivity index (χ1n) is 9.74. The molecule has 3 aliphatic rings. The lowest BCUT2D eigenvalue weighted by Crippen LogP contribution is -2.52. The number of amides is 3. The number of aryl methyl sites for hydroxylation is 1. The molecule has 0 saturated carbocycles. The highest BCUT2D eigenvalue weighted by molar-refractivity contribution is 7.12. The number of morpholine rings is 1. The van der Waals surface area contributed by atoms with Gasteiger partial charge in [-0.3, -0.25) is 4.79 Å². The Morgan fingerprint density at radius 1 is 1.04 bits per heavy atom. The Labute approximate surface area is 158 Å². The third kappa shape index (κ3) is 3.74. The Bertz CT molecular complexity index is 661. The number of ether oxygens (including phenoxy) is 1. The Kier molecular flexibility index (Phi) is 5.45. The molecule has 2 fully saturated rings. The normalized spacial score (nSPS) is 21.4. The molecule has 1 N–H and O–H groups in total. The Hall–Kier alpha value is -1.60. The predicted octanol–water partition coefficient (Wildman–Crippen LogP) is 2.27. The molecule has 142 valence electrons. The third-order valence-electron chi connectivity index (χ3n) is 5.69. The summed E-state index contributed by atoms with van der Waals surface area (Å²) in [6.45, 7) is 4.04. The number of carbonyl (C=O) groups excluding carboxylic acids is 2. The van der Waals surface area contributed by atoms with E-state index in [1.807, 2.05) is 9.80 Å². The molecule has 0 unspecified atom stereocenters. The van der Waals surface area contributed by atoms with Crippen molar-refractivity contribution >= 4 is 23.3 Å². The Morgan fingerprint density at radius 2 is 1.73 bits per heavy atom. The van der Waals surface area contributed by atoms with Gasteiger partial charge in [0.2, 0.25) is 0 Å². The first kappa shape index (κ1) is 17.8. The standard InChI is InChI=1S/C19H27N3O3S/c23-18(17-16-4-2-1-3-14(16)13-26-17)20-15-5-7-21(8-6-15)19(24)22-9-11-25-12-10-22/h13,15H,1-12H2,(H,20,23). The second kappa shape index (κ2) is 7.96. The highest BCUT2D eigenvalue weighted by Gasteiger charge is 2.29. The molecule has 1 aromatic rings. The van der Waals surface area contributed by atoms with Crippen LogP contribution >= 0.6 is 11.3 Å². The number of carbonyl (C=O) groups is 2. The molecule has 6 nitrogen and oxygen atoms in total. The number of hydrogen-bond donors (Lipinski definition) is 1. The van der Waals surface area contributed by atoms with Gasteiger partial charge in [0.25, 0.3) is 5.91 Å². The molecular formula is C19H27N3O3S. The SMILES string of the molecule is O=C(NC1CCN(C(=O)N2CCOCC2)CC1)c1scc2c1CCCC2. The summed E-state index contributed by atoms with van der Waals surface area (Å²) in [6, 6.07) is 0.281. The van der Waals surface area contributed by atoms with Crippen molar-refractivity contribution in [1.29, 1.82) is 0 Å². The number of piperidine rings is 1. The van der Waals surface area contributed by atoms with Crippen LogP contribution in [0.15, 0.2) is 5.38 Å². The van der Waals surface area contributed by atoms with Gasteiger partial charge in [-0.2, -0.15) is 0 Å². The van der Waals surface area contributed by atoms with Crippen LogP contribution in [0.2, 0.25) is 0 Å². The highest BCUT2D eigenvalue weighted by Crippen LogP contribution is 2.30. The lowest BCUT2D eigenvalue weighted by molar-refractivity contribution is 0.0407. The van der Waals surface area contributed by atoms with Crippen LogP contribution in [0, 0.1) is 0 Å². The zero-order valence-electron chi connectivity index (χ0n) is 15.2. The van der Waals surface area contributed by atoms with Crippen LogP contribution in [-0.4, -0.2) is 67.2 Å². The van der Waals surface area contributed by atoms with Crippen LogP contribution in [0.3, 0.4) is 0 Å². The van der Waals surface area contributed by atoms with E-state index in [2.05, 4.69) is 10.7 Å². The van der Waals surface area contributed by atoms with Gasteiger partial charge in [-0.25, -0.2) is 4.79 Å². The molecule has 0 bridgehead atoms. The maximum absolute atomic E-state index is 12.7. The van der Waals surface area contributed by atoms with Crippen molar-refractivity contribution in [2.75, 3.05) is 39.4 Å². The van der Waals surface area contributed by atoms with Gasteiger partial charge in [0.05, 0.1) is 18.1 Å². The van der Waals surface area contributed by atoms with Crippen LogP contribution in [0.5, 0.6) is 0 Å². The topological polar surface area (TPSA) is 61.9 Å². The number of nitrogens with one attached hydrogen (secondary N) is 1. The summed E-state index contributed by atoms with van der Waals surface area (Å²) in [4.78, 5) is 29.9. The van der Waals surface area contributed by atoms with Gasteiger partial charge in [-0.15, -0.1) is 11.3 Å². The molecule has 0 aromatic carbocycles.